The van der Waals surface area contributed by atoms with Crippen molar-refractivity contribution in [3.05, 3.63) is 55.5 Å². The monoisotopic (exact) mass is 533 g/mol. The summed E-state index contributed by atoms with van der Waals surface area (Å²) < 4.78 is 1.54. The lowest BCUT2D eigenvalue weighted by Gasteiger charge is -2.12. The molecule has 1 aliphatic rings. The molecule has 10 heteroatoms. The Balaban J connectivity index is 1.78. The van der Waals surface area contributed by atoms with Gasteiger partial charge >= 0.3 is 5.97 Å². The third-order valence-electron chi connectivity index (χ3n) is 5.49. The molecule has 1 amide bonds. The lowest BCUT2D eigenvalue weighted by molar-refractivity contribution is -0.131. The van der Waals surface area contributed by atoms with Crippen LogP contribution < -0.4 is 10.9 Å². The van der Waals surface area contributed by atoms with Crippen LogP contribution in [-0.2, 0) is 22.6 Å². The van der Waals surface area contributed by atoms with Crippen molar-refractivity contribution in [2.24, 2.45) is 0 Å². The van der Waals surface area contributed by atoms with E-state index in [0.717, 1.165) is 78.1 Å². The first kappa shape index (κ1) is 27.3. The van der Waals surface area contributed by atoms with E-state index in [2.05, 4.69) is 24.9 Å². The van der Waals surface area contributed by atoms with E-state index in [9.17, 15) is 19.5 Å². The molecule has 0 bridgehead atoms. The summed E-state index contributed by atoms with van der Waals surface area (Å²) in [7, 11) is 0. The number of carboxylic acids is 1. The highest BCUT2D eigenvalue weighted by Crippen LogP contribution is 2.32. The molecule has 0 saturated carbocycles. The van der Waals surface area contributed by atoms with Crippen molar-refractivity contribution in [3.63, 3.8) is 0 Å². The number of thioether (sulfide) groups is 2. The van der Waals surface area contributed by atoms with Crippen molar-refractivity contribution in [2.75, 3.05) is 5.75 Å². The maximum absolute atomic E-state index is 13.3. The summed E-state index contributed by atoms with van der Waals surface area (Å²) >= 11 is 3.99. The van der Waals surface area contributed by atoms with Crippen LogP contribution in [0.4, 0.5) is 0 Å². The maximum atomic E-state index is 13.3. The van der Waals surface area contributed by atoms with E-state index in [-0.39, 0.29) is 23.8 Å². The van der Waals surface area contributed by atoms with Gasteiger partial charge in [-0.3, -0.25) is 14.2 Å². The quantitative estimate of drug-likeness (QED) is 0.167. The predicted octanol–water partition coefficient (Wildman–Crippen LogP) is 5.62. The summed E-state index contributed by atoms with van der Waals surface area (Å²) in [4.78, 5) is 44.9. The van der Waals surface area contributed by atoms with Crippen LogP contribution in [0.5, 0.6) is 0 Å². The molecule has 3 rings (SSSR count). The number of aliphatic carboxylic acids is 1. The first-order chi connectivity index (χ1) is 16.8. The molecule has 35 heavy (non-hydrogen) atoms. The average molecular weight is 534 g/mol. The van der Waals surface area contributed by atoms with E-state index in [1.807, 2.05) is 6.92 Å². The summed E-state index contributed by atoms with van der Waals surface area (Å²) in [5, 5.41) is 13.4. The molecule has 2 N–H and O–H groups in total. The molecule has 0 saturated heterocycles. The minimum absolute atomic E-state index is 0.00215. The minimum Gasteiger partial charge on any atom is -0.478 e. The second kappa shape index (κ2) is 13.1. The van der Waals surface area contributed by atoms with Gasteiger partial charge in [0.05, 0.1) is 22.2 Å². The second-order valence-corrected chi connectivity index (χ2v) is 11.4. The first-order valence-corrected chi connectivity index (χ1v) is 14.3. The number of aromatic nitrogens is 2. The van der Waals surface area contributed by atoms with Gasteiger partial charge in [-0.25, -0.2) is 9.78 Å². The Morgan fingerprint density at radius 1 is 1.34 bits per heavy atom. The Bertz CT molecular complexity index is 1230. The number of nitrogens with one attached hydrogen (secondary N) is 1. The minimum atomic E-state index is -1.11. The fourth-order valence-electron chi connectivity index (χ4n) is 3.84. The number of allylic oxidation sites excluding steroid dienone is 3. The van der Waals surface area contributed by atoms with Crippen LogP contribution in [0.15, 0.2) is 44.7 Å². The number of thiophene rings is 1. The first-order valence-electron chi connectivity index (χ1n) is 11.7. The molecule has 0 fully saturated rings. The van der Waals surface area contributed by atoms with Crippen molar-refractivity contribution in [3.8, 4) is 0 Å². The number of nitrogens with zero attached hydrogens (tertiary/aromatic N) is 2. The van der Waals surface area contributed by atoms with Gasteiger partial charge < -0.3 is 10.4 Å². The Labute approximate surface area is 217 Å². The summed E-state index contributed by atoms with van der Waals surface area (Å²) in [5.41, 5.74) is 0.848. The molecule has 2 aromatic heterocycles. The zero-order chi connectivity index (χ0) is 25.4. The molecule has 0 spiro atoms. The van der Waals surface area contributed by atoms with Crippen molar-refractivity contribution < 1.29 is 14.7 Å². The summed E-state index contributed by atoms with van der Waals surface area (Å²) in [6.45, 7) is 8.11. The van der Waals surface area contributed by atoms with Crippen molar-refractivity contribution in [1.29, 1.82) is 0 Å². The number of rotatable bonds is 11. The van der Waals surface area contributed by atoms with Crippen LogP contribution in [0, 0.1) is 6.92 Å². The lowest BCUT2D eigenvalue weighted by Crippen LogP contribution is -2.26. The van der Waals surface area contributed by atoms with Crippen molar-refractivity contribution >= 4 is 57.0 Å². The van der Waals surface area contributed by atoms with Crippen LogP contribution in [0.2, 0.25) is 0 Å². The normalized spacial score (nSPS) is 14.5. The Hall–Kier alpha value is -2.30. The third-order valence-corrected chi connectivity index (χ3v) is 8.79. The molecule has 188 valence electrons. The van der Waals surface area contributed by atoms with Crippen LogP contribution in [0.1, 0.15) is 55.9 Å². The van der Waals surface area contributed by atoms with Gasteiger partial charge in [0, 0.05) is 11.4 Å². The highest BCUT2D eigenvalue weighted by molar-refractivity contribution is 8.06. The zero-order valence-electron chi connectivity index (χ0n) is 20.1. The Morgan fingerprint density at radius 2 is 2.14 bits per heavy atom. The number of carboxylic acid groups (broad SMARTS) is 1. The molecule has 2 aromatic rings. The van der Waals surface area contributed by atoms with Crippen molar-refractivity contribution in [2.45, 2.75) is 70.5 Å². The molecular weight excluding hydrogens is 502 g/mol. The zero-order valence-corrected chi connectivity index (χ0v) is 22.5. The SMILES string of the molecule is C=CCn1c(SCC(=O)N/C(=C\C(=O)O)SC2=CCCCCC2)nc2sc(CCC)c(C)c2c1=O. The molecule has 0 atom stereocenters. The number of carbonyl (C=O) groups excluding carboxylic acids is 1. The molecule has 0 unspecified atom stereocenters. The number of fused-ring (bicyclic) bond motifs is 1. The predicted molar refractivity (Wildman–Crippen MR) is 146 cm³/mol. The van der Waals surface area contributed by atoms with Gasteiger partial charge in [-0.2, -0.15) is 0 Å². The van der Waals surface area contributed by atoms with Gasteiger partial charge in [0.15, 0.2) is 5.16 Å². The maximum Gasteiger partial charge on any atom is 0.330 e. The Kier molecular flexibility index (Phi) is 10.2. The average Bonchev–Trinajstić information content (AvgIpc) is 2.95. The molecule has 0 aliphatic heterocycles. The number of hydrogen-bond acceptors (Lipinski definition) is 7. The third kappa shape index (κ3) is 7.35. The van der Waals surface area contributed by atoms with E-state index in [4.69, 9.17) is 4.98 Å². The molecule has 0 radical (unpaired) electrons. The van der Waals surface area contributed by atoms with Gasteiger partial charge in [0.1, 0.15) is 4.83 Å². The number of hydrogen-bond donors (Lipinski definition) is 2. The standard InChI is InChI=1S/C25H31N3O4S3/c1-4-10-18-16(3)22-23(35-18)27-25(28(13-5-2)24(22)32)33-15-19(29)26-20(14-21(30)31)34-17-11-8-6-7-9-12-17/h5,11,14H,2,4,6-10,12-13,15H2,1,3H3,(H,26,29)(H,30,31)/b20-14+. The largest absolute Gasteiger partial charge is 0.478 e. The lowest BCUT2D eigenvalue weighted by atomic mass is 10.1. The topological polar surface area (TPSA) is 101 Å². The second-order valence-electron chi connectivity index (χ2n) is 8.23. The van der Waals surface area contributed by atoms with Crippen LogP contribution in [0.3, 0.4) is 0 Å². The molecule has 1 aliphatic carbocycles. The van der Waals surface area contributed by atoms with E-state index < -0.39 is 5.97 Å². The van der Waals surface area contributed by atoms with E-state index in [1.54, 1.807) is 10.6 Å². The number of aryl methyl sites for hydroxylation is 2. The summed E-state index contributed by atoms with van der Waals surface area (Å²) in [6, 6.07) is 0. The van der Waals surface area contributed by atoms with E-state index in [0.29, 0.717) is 20.4 Å². The van der Waals surface area contributed by atoms with E-state index >= 15 is 0 Å². The number of carbonyl (C=O) groups is 2. The highest BCUT2D eigenvalue weighted by atomic mass is 32.2. The fourth-order valence-corrected chi connectivity index (χ4v) is 7.02. The molecule has 7 nitrogen and oxygen atoms in total. The van der Waals surface area contributed by atoms with Gasteiger partial charge in [-0.1, -0.05) is 55.4 Å². The van der Waals surface area contributed by atoms with Crippen LogP contribution >= 0.6 is 34.9 Å². The number of amides is 1. The smallest absolute Gasteiger partial charge is 0.330 e. The molecular formula is C25H31N3O4S3. The highest BCUT2D eigenvalue weighted by Gasteiger charge is 2.19. The van der Waals surface area contributed by atoms with Gasteiger partial charge in [0.25, 0.3) is 5.56 Å². The van der Waals surface area contributed by atoms with Crippen molar-refractivity contribution in [1.82, 2.24) is 14.9 Å². The van der Waals surface area contributed by atoms with Crippen LogP contribution in [0.25, 0.3) is 10.2 Å². The fraction of sp³-hybridized carbons (Fsp3) is 0.440. The summed E-state index contributed by atoms with van der Waals surface area (Å²) in [6.07, 6.45) is 11.8. The molecule has 2 heterocycles. The summed E-state index contributed by atoms with van der Waals surface area (Å²) in [5.74, 6) is -1.46. The van der Waals surface area contributed by atoms with Gasteiger partial charge in [0.2, 0.25) is 5.91 Å². The van der Waals surface area contributed by atoms with Crippen LogP contribution in [-0.4, -0.2) is 32.3 Å². The van der Waals surface area contributed by atoms with Gasteiger partial charge in [-0.15, -0.1) is 17.9 Å². The molecule has 0 aromatic carbocycles. The Morgan fingerprint density at radius 3 is 2.86 bits per heavy atom. The van der Waals surface area contributed by atoms with Gasteiger partial charge in [-0.05, 0) is 49.5 Å². The van der Waals surface area contributed by atoms with E-state index in [1.165, 1.54) is 23.1 Å².